The van der Waals surface area contributed by atoms with E-state index in [-0.39, 0.29) is 19.3 Å². The summed E-state index contributed by atoms with van der Waals surface area (Å²) in [5, 5.41) is 8.55. The van der Waals surface area contributed by atoms with Gasteiger partial charge in [-0.2, -0.15) is 4.31 Å². The minimum atomic E-state index is -3.33. The number of hydrogen-bond donors (Lipinski definition) is 2. The van der Waals surface area contributed by atoms with Gasteiger partial charge < -0.3 is 14.2 Å². The predicted molar refractivity (Wildman–Crippen MR) is 176 cm³/mol. The zero-order valence-electron chi connectivity index (χ0n) is 26.0. The first kappa shape index (κ1) is 33.1. The number of halogens is 1. The Morgan fingerprint density at radius 3 is 2.67 bits per heavy atom. The number of aromatic nitrogens is 3. The van der Waals surface area contributed by atoms with E-state index in [1.54, 1.807) is 41.0 Å². The number of carbonyl (C=O) groups excluding carboxylic acids is 1. The minimum Gasteiger partial charge on any atom is -0.487 e. The van der Waals surface area contributed by atoms with Crippen LogP contribution in [-0.2, 0) is 34.0 Å². The van der Waals surface area contributed by atoms with Crippen molar-refractivity contribution in [2.75, 3.05) is 13.7 Å². The van der Waals surface area contributed by atoms with Crippen molar-refractivity contribution in [1.82, 2.24) is 19.3 Å². The molecule has 5 rings (SSSR count). The van der Waals surface area contributed by atoms with Gasteiger partial charge in [0, 0.05) is 11.0 Å². The molecule has 1 aliphatic heterocycles. The molecule has 2 N–H and O–H groups in total. The Kier molecular flexibility index (Phi) is 10.0. The van der Waals surface area contributed by atoms with Gasteiger partial charge in [-0.1, -0.05) is 63.6 Å². The number of fused-ring (bicyclic) bond motifs is 1. The summed E-state index contributed by atoms with van der Waals surface area (Å²) in [4.78, 5) is 13.4. The summed E-state index contributed by atoms with van der Waals surface area (Å²) in [5.74, 6) is 0.0528. The lowest BCUT2D eigenvalue weighted by Crippen LogP contribution is -2.35. The highest BCUT2D eigenvalue weighted by atomic mass is 79.9. The van der Waals surface area contributed by atoms with Crippen LogP contribution in [0.4, 0.5) is 0 Å². The fourth-order valence-electron chi connectivity index (χ4n) is 5.49. The predicted octanol–water partition coefficient (Wildman–Crippen LogP) is 7.16. The van der Waals surface area contributed by atoms with E-state index in [4.69, 9.17) is 14.2 Å². The van der Waals surface area contributed by atoms with E-state index in [2.05, 4.69) is 26.2 Å². The number of rotatable bonds is 10. The maximum absolute atomic E-state index is 13.0. The second kappa shape index (κ2) is 13.6. The first-order valence-corrected chi connectivity index (χ1v) is 16.9. The van der Waals surface area contributed by atoms with Crippen molar-refractivity contribution in [1.29, 1.82) is 0 Å². The van der Waals surface area contributed by atoms with E-state index in [1.807, 2.05) is 68.6 Å². The van der Waals surface area contributed by atoms with Gasteiger partial charge in [0.1, 0.15) is 22.4 Å². The summed E-state index contributed by atoms with van der Waals surface area (Å²) in [6, 6.07) is 20.9. The Labute approximate surface area is 273 Å². The molecule has 1 aliphatic rings. The van der Waals surface area contributed by atoms with Crippen LogP contribution in [0.15, 0.2) is 82.3 Å². The van der Waals surface area contributed by atoms with E-state index in [1.165, 1.54) is 7.11 Å². The standard InChI is InChI=1S/C33H39BrN4O6S/c1-22-13-14-25(16-26(22)19-38-17-23(2)44-29-11-6-7-12-30(29)45(38,40)41)31(33(3,4)32(39)42-5)43-21-28-20-37(36-35-28)18-24-9-8-10-27(34)15-24/h6-16,20,23,31,40-41H,17-19,21H2,1-5H3. The van der Waals surface area contributed by atoms with Gasteiger partial charge in [-0.05, 0) is 74.2 Å². The van der Waals surface area contributed by atoms with Gasteiger partial charge >= 0.3 is 5.97 Å². The van der Waals surface area contributed by atoms with Crippen molar-refractivity contribution in [2.45, 2.75) is 64.5 Å². The number of methoxy groups -OCH3 is 1. The van der Waals surface area contributed by atoms with Gasteiger partial charge in [-0.15, -0.1) is 15.9 Å². The molecule has 0 bridgehead atoms. The van der Waals surface area contributed by atoms with Crippen molar-refractivity contribution < 1.29 is 28.1 Å². The molecular formula is C33H39BrN4O6S. The normalized spacial score (nSPS) is 17.9. The van der Waals surface area contributed by atoms with E-state index in [0.717, 1.165) is 26.7 Å². The van der Waals surface area contributed by atoms with Crippen LogP contribution in [0.2, 0.25) is 0 Å². The molecule has 4 aromatic rings. The van der Waals surface area contributed by atoms with Crippen LogP contribution in [0.25, 0.3) is 0 Å². The van der Waals surface area contributed by atoms with Crippen LogP contribution in [0.3, 0.4) is 0 Å². The van der Waals surface area contributed by atoms with E-state index in [9.17, 15) is 13.9 Å². The molecule has 2 atom stereocenters. The molecule has 0 fully saturated rings. The number of hydrogen-bond acceptors (Lipinski definition) is 9. The lowest BCUT2D eigenvalue weighted by atomic mass is 9.81. The van der Waals surface area contributed by atoms with Crippen molar-refractivity contribution in [3.63, 3.8) is 0 Å². The van der Waals surface area contributed by atoms with Gasteiger partial charge in [-0.25, -0.2) is 4.68 Å². The molecule has 2 unspecified atom stereocenters. The third-order valence-corrected chi connectivity index (χ3v) is 10.3. The zero-order valence-corrected chi connectivity index (χ0v) is 28.4. The quantitative estimate of drug-likeness (QED) is 0.166. The molecule has 240 valence electrons. The lowest BCUT2D eigenvalue weighted by molar-refractivity contribution is -0.162. The van der Waals surface area contributed by atoms with E-state index in [0.29, 0.717) is 29.4 Å². The maximum Gasteiger partial charge on any atom is 0.314 e. The topological polar surface area (TPSA) is 119 Å². The number of benzene rings is 3. The molecule has 2 heterocycles. The van der Waals surface area contributed by atoms with Crippen molar-refractivity contribution >= 4 is 32.7 Å². The van der Waals surface area contributed by atoms with E-state index < -0.39 is 28.3 Å². The third kappa shape index (κ3) is 7.43. The third-order valence-electron chi connectivity index (χ3n) is 7.90. The van der Waals surface area contributed by atoms with Crippen molar-refractivity contribution in [2.24, 2.45) is 5.41 Å². The van der Waals surface area contributed by atoms with Gasteiger partial charge in [0.2, 0.25) is 0 Å². The van der Waals surface area contributed by atoms with Gasteiger partial charge in [0.25, 0.3) is 0 Å². The molecule has 0 saturated carbocycles. The summed E-state index contributed by atoms with van der Waals surface area (Å²) in [6.45, 7) is 8.68. The molecule has 10 nitrogen and oxygen atoms in total. The van der Waals surface area contributed by atoms with E-state index >= 15 is 0 Å². The highest BCUT2D eigenvalue weighted by Crippen LogP contribution is 2.57. The van der Waals surface area contributed by atoms with Gasteiger partial charge in [-0.3, -0.25) is 13.9 Å². The largest absolute Gasteiger partial charge is 0.487 e. The van der Waals surface area contributed by atoms with Crippen LogP contribution in [0, 0.1) is 12.3 Å². The molecule has 0 amide bonds. The van der Waals surface area contributed by atoms with Crippen LogP contribution in [0.5, 0.6) is 5.75 Å². The maximum atomic E-state index is 13.0. The Bertz CT molecular complexity index is 1660. The molecule has 45 heavy (non-hydrogen) atoms. The number of esters is 1. The Balaban J connectivity index is 1.41. The molecule has 0 radical (unpaired) electrons. The second-order valence-corrected chi connectivity index (χ2v) is 14.8. The first-order chi connectivity index (χ1) is 21.4. The summed E-state index contributed by atoms with van der Waals surface area (Å²) < 4.78 is 44.9. The summed E-state index contributed by atoms with van der Waals surface area (Å²) in [7, 11) is -1.97. The molecule has 1 aromatic heterocycles. The number of nitrogens with zero attached hydrogens (tertiary/aromatic N) is 4. The van der Waals surface area contributed by atoms with Crippen molar-refractivity contribution in [3.8, 4) is 5.75 Å². The fourth-order valence-corrected chi connectivity index (χ4v) is 7.60. The zero-order chi connectivity index (χ0) is 32.4. The number of ether oxygens (including phenoxy) is 3. The first-order valence-electron chi connectivity index (χ1n) is 14.6. The molecule has 12 heteroatoms. The summed E-state index contributed by atoms with van der Waals surface area (Å²) in [6.07, 6.45) is 0.857. The van der Waals surface area contributed by atoms with Gasteiger partial charge in [0.15, 0.2) is 0 Å². The Morgan fingerprint density at radius 2 is 1.91 bits per heavy atom. The SMILES string of the molecule is COC(=O)C(C)(C)C(OCc1cn(Cc2cccc(Br)c2)nn1)c1ccc(C)c(CN2CC(C)Oc3ccccc3S2(O)O)c1. The van der Waals surface area contributed by atoms with Gasteiger partial charge in [0.05, 0.1) is 44.5 Å². The molecular weight excluding hydrogens is 660 g/mol. The van der Waals surface area contributed by atoms with Crippen LogP contribution in [-0.4, -0.2) is 54.1 Å². The number of para-hydroxylation sites is 1. The Hall–Kier alpha value is -3.26. The summed E-state index contributed by atoms with van der Waals surface area (Å²) >= 11 is 3.50. The highest BCUT2D eigenvalue weighted by molar-refractivity contribution is 9.10. The molecule has 0 aliphatic carbocycles. The second-order valence-electron chi connectivity index (χ2n) is 11.8. The molecule has 3 aromatic carbocycles. The lowest BCUT2D eigenvalue weighted by Gasteiger charge is -2.42. The summed E-state index contributed by atoms with van der Waals surface area (Å²) in [5.41, 5.74) is 3.22. The molecule has 0 saturated heterocycles. The average molecular weight is 700 g/mol. The monoisotopic (exact) mass is 698 g/mol. The van der Waals surface area contributed by atoms with Crippen LogP contribution >= 0.6 is 26.7 Å². The Morgan fingerprint density at radius 1 is 1.13 bits per heavy atom. The van der Waals surface area contributed by atoms with Crippen LogP contribution < -0.4 is 4.74 Å². The smallest absolute Gasteiger partial charge is 0.314 e. The average Bonchev–Trinajstić information content (AvgIpc) is 3.41. The number of aryl methyl sites for hydroxylation is 1. The van der Waals surface area contributed by atoms with Crippen molar-refractivity contribution in [3.05, 3.63) is 105 Å². The van der Waals surface area contributed by atoms with Crippen LogP contribution in [0.1, 0.15) is 54.8 Å². The minimum absolute atomic E-state index is 0.116. The highest BCUT2D eigenvalue weighted by Gasteiger charge is 2.41. The number of carbonyl (C=O) groups is 1. The molecule has 0 spiro atoms. The fraction of sp³-hybridized carbons (Fsp3) is 0.364.